The van der Waals surface area contributed by atoms with Crippen molar-refractivity contribution in [3.63, 3.8) is 0 Å². The summed E-state index contributed by atoms with van der Waals surface area (Å²) in [6, 6.07) is 1.92. The van der Waals surface area contributed by atoms with E-state index in [1.165, 1.54) is 0 Å². The van der Waals surface area contributed by atoms with Crippen molar-refractivity contribution < 1.29 is 4.52 Å². The van der Waals surface area contributed by atoms with Crippen LogP contribution in [0.25, 0.3) is 17.0 Å². The van der Waals surface area contributed by atoms with E-state index in [0.29, 0.717) is 11.7 Å². The highest BCUT2D eigenvalue weighted by Gasteiger charge is 2.21. The zero-order valence-corrected chi connectivity index (χ0v) is 13.8. The standard InChI is InChI=1S/C14H18N6O.ClH/c1-7-5-8(2)20-13(17-7)11(6-16-20)12-18-14(21-19-12)9(3)10(4)15;/h5-6,9-10H,15H2,1-4H3;1H. The van der Waals surface area contributed by atoms with E-state index in [0.717, 1.165) is 22.6 Å². The topological polar surface area (TPSA) is 95.1 Å². The molecule has 0 saturated heterocycles. The first kappa shape index (κ1) is 16.4. The monoisotopic (exact) mass is 322 g/mol. The molecule has 0 aliphatic rings. The minimum atomic E-state index is -0.0511. The average molecular weight is 323 g/mol. The van der Waals surface area contributed by atoms with Crippen molar-refractivity contribution in [3.05, 3.63) is 29.5 Å². The number of hydrogen-bond donors (Lipinski definition) is 1. The second kappa shape index (κ2) is 6.02. The van der Waals surface area contributed by atoms with Crippen molar-refractivity contribution in [2.75, 3.05) is 0 Å². The lowest BCUT2D eigenvalue weighted by Crippen LogP contribution is -2.22. The van der Waals surface area contributed by atoms with Crippen LogP contribution in [0.4, 0.5) is 0 Å². The van der Waals surface area contributed by atoms with Gasteiger partial charge in [-0.2, -0.15) is 10.1 Å². The Hall–Kier alpha value is -1.99. The highest BCUT2D eigenvalue weighted by molar-refractivity contribution is 5.85. The predicted molar refractivity (Wildman–Crippen MR) is 85.1 cm³/mol. The maximum absolute atomic E-state index is 5.87. The summed E-state index contributed by atoms with van der Waals surface area (Å²) in [7, 11) is 0. The van der Waals surface area contributed by atoms with Crippen molar-refractivity contribution in [3.8, 4) is 11.4 Å². The molecule has 0 amide bonds. The molecule has 0 bridgehead atoms. The van der Waals surface area contributed by atoms with Crippen LogP contribution < -0.4 is 5.73 Å². The van der Waals surface area contributed by atoms with Crippen LogP contribution in [0, 0.1) is 13.8 Å². The predicted octanol–water partition coefficient (Wildman–Crippen LogP) is 2.27. The van der Waals surface area contributed by atoms with Gasteiger partial charge in [-0.25, -0.2) is 9.50 Å². The van der Waals surface area contributed by atoms with Gasteiger partial charge in [-0.1, -0.05) is 12.1 Å². The maximum atomic E-state index is 5.87. The Morgan fingerprint density at radius 2 is 1.95 bits per heavy atom. The van der Waals surface area contributed by atoms with Crippen LogP contribution in [0.5, 0.6) is 0 Å². The average Bonchev–Trinajstić information content (AvgIpc) is 3.03. The van der Waals surface area contributed by atoms with E-state index in [1.807, 2.05) is 33.8 Å². The van der Waals surface area contributed by atoms with Crippen LogP contribution in [-0.4, -0.2) is 30.8 Å². The van der Waals surface area contributed by atoms with Gasteiger partial charge in [-0.05, 0) is 26.8 Å². The second-order valence-corrected chi connectivity index (χ2v) is 5.44. The van der Waals surface area contributed by atoms with Gasteiger partial charge < -0.3 is 10.3 Å². The molecule has 0 aliphatic carbocycles. The van der Waals surface area contributed by atoms with Gasteiger partial charge in [0.25, 0.3) is 0 Å². The molecular formula is C14H19ClN6O. The molecule has 2 N–H and O–H groups in total. The van der Waals surface area contributed by atoms with Crippen LogP contribution in [0.1, 0.15) is 37.0 Å². The SMILES string of the molecule is Cc1cc(C)n2ncc(-c3noc(C(C)C(C)N)n3)c2n1.Cl. The largest absolute Gasteiger partial charge is 0.339 e. The van der Waals surface area contributed by atoms with Crippen molar-refractivity contribution in [1.82, 2.24) is 24.7 Å². The summed E-state index contributed by atoms with van der Waals surface area (Å²) in [6.45, 7) is 7.81. The van der Waals surface area contributed by atoms with Gasteiger partial charge in [0.2, 0.25) is 11.7 Å². The summed E-state index contributed by atoms with van der Waals surface area (Å²) in [5, 5.41) is 8.37. The van der Waals surface area contributed by atoms with E-state index in [9.17, 15) is 0 Å². The molecule has 3 rings (SSSR count). The number of fused-ring (bicyclic) bond motifs is 1. The quantitative estimate of drug-likeness (QED) is 0.794. The molecule has 0 radical (unpaired) electrons. The number of rotatable bonds is 3. The van der Waals surface area contributed by atoms with Crippen molar-refractivity contribution in [1.29, 1.82) is 0 Å². The lowest BCUT2D eigenvalue weighted by atomic mass is 10.1. The summed E-state index contributed by atoms with van der Waals surface area (Å²) >= 11 is 0. The number of halogens is 1. The molecule has 8 heteroatoms. The molecule has 0 aromatic carbocycles. The fourth-order valence-electron chi connectivity index (χ4n) is 2.18. The number of aryl methyl sites for hydroxylation is 2. The number of aromatic nitrogens is 5. The maximum Gasteiger partial charge on any atom is 0.231 e. The Labute approximate surface area is 134 Å². The van der Waals surface area contributed by atoms with Gasteiger partial charge in [0, 0.05) is 17.4 Å². The fourth-order valence-corrected chi connectivity index (χ4v) is 2.18. The first-order valence-corrected chi connectivity index (χ1v) is 6.89. The number of hydrogen-bond acceptors (Lipinski definition) is 6. The first-order valence-electron chi connectivity index (χ1n) is 6.89. The molecule has 0 aliphatic heterocycles. The highest BCUT2D eigenvalue weighted by atomic mass is 35.5. The zero-order valence-electron chi connectivity index (χ0n) is 12.9. The summed E-state index contributed by atoms with van der Waals surface area (Å²) in [5.74, 6) is 1.03. The first-order chi connectivity index (χ1) is 9.97. The molecular weight excluding hydrogens is 304 g/mol. The van der Waals surface area contributed by atoms with Crippen molar-refractivity contribution in [2.24, 2.45) is 5.73 Å². The lowest BCUT2D eigenvalue weighted by Gasteiger charge is -2.09. The molecule has 22 heavy (non-hydrogen) atoms. The normalized spacial score (nSPS) is 13.9. The van der Waals surface area contributed by atoms with Crippen molar-refractivity contribution >= 4 is 18.1 Å². The summed E-state index contributed by atoms with van der Waals surface area (Å²) in [5.41, 5.74) is 9.29. The molecule has 7 nitrogen and oxygen atoms in total. The molecule has 0 saturated carbocycles. The Morgan fingerprint density at radius 3 is 2.64 bits per heavy atom. The van der Waals surface area contributed by atoms with Crippen LogP contribution in [-0.2, 0) is 0 Å². The van der Waals surface area contributed by atoms with E-state index in [4.69, 9.17) is 10.3 Å². The van der Waals surface area contributed by atoms with Gasteiger partial charge in [-0.3, -0.25) is 0 Å². The van der Waals surface area contributed by atoms with Crippen molar-refractivity contribution in [2.45, 2.75) is 39.7 Å². The van der Waals surface area contributed by atoms with E-state index in [2.05, 4.69) is 20.2 Å². The summed E-state index contributed by atoms with van der Waals surface area (Å²) < 4.78 is 7.09. The molecule has 0 spiro atoms. The Balaban J connectivity index is 0.00000176. The van der Waals surface area contributed by atoms with Gasteiger partial charge in [0.15, 0.2) is 5.65 Å². The second-order valence-electron chi connectivity index (χ2n) is 5.44. The number of nitrogens with two attached hydrogens (primary N) is 1. The van der Waals surface area contributed by atoms with E-state index in [-0.39, 0.29) is 24.4 Å². The van der Waals surface area contributed by atoms with Gasteiger partial charge in [0.05, 0.1) is 17.7 Å². The molecule has 3 aromatic rings. The summed E-state index contributed by atoms with van der Waals surface area (Å²) in [4.78, 5) is 8.95. The van der Waals surface area contributed by atoms with Crippen LogP contribution >= 0.6 is 12.4 Å². The summed E-state index contributed by atoms with van der Waals surface area (Å²) in [6.07, 6.45) is 1.71. The lowest BCUT2D eigenvalue weighted by molar-refractivity contribution is 0.347. The smallest absolute Gasteiger partial charge is 0.231 e. The van der Waals surface area contributed by atoms with Crippen LogP contribution in [0.15, 0.2) is 16.8 Å². The van der Waals surface area contributed by atoms with E-state index in [1.54, 1.807) is 10.7 Å². The van der Waals surface area contributed by atoms with E-state index < -0.39 is 0 Å². The third kappa shape index (κ3) is 2.69. The molecule has 118 valence electrons. The number of nitrogens with zero attached hydrogens (tertiary/aromatic N) is 5. The minimum absolute atomic E-state index is 0. The van der Waals surface area contributed by atoms with Crippen LogP contribution in [0.2, 0.25) is 0 Å². The van der Waals surface area contributed by atoms with E-state index >= 15 is 0 Å². The molecule has 0 fully saturated rings. The third-order valence-electron chi connectivity index (χ3n) is 3.64. The Kier molecular flexibility index (Phi) is 4.48. The Morgan fingerprint density at radius 1 is 1.23 bits per heavy atom. The minimum Gasteiger partial charge on any atom is -0.339 e. The third-order valence-corrected chi connectivity index (χ3v) is 3.64. The van der Waals surface area contributed by atoms with Gasteiger partial charge in [0.1, 0.15) is 0 Å². The Bertz CT molecular complexity index is 794. The molecule has 2 atom stereocenters. The van der Waals surface area contributed by atoms with Gasteiger partial charge in [-0.15, -0.1) is 12.4 Å². The fraction of sp³-hybridized carbons (Fsp3) is 0.429. The highest BCUT2D eigenvalue weighted by Crippen LogP contribution is 2.24. The van der Waals surface area contributed by atoms with Crippen LogP contribution in [0.3, 0.4) is 0 Å². The molecule has 3 heterocycles. The zero-order chi connectivity index (χ0) is 15.1. The van der Waals surface area contributed by atoms with Gasteiger partial charge >= 0.3 is 0 Å². The molecule has 3 aromatic heterocycles. The molecule has 2 unspecified atom stereocenters.